The first-order chi connectivity index (χ1) is 12.6. The Balaban J connectivity index is 1.45. The molecule has 2 aromatic carbocycles. The zero-order valence-electron chi connectivity index (χ0n) is 14.3. The molecule has 1 fully saturated rings. The molecule has 1 aliphatic rings. The maximum Gasteiger partial charge on any atom is 0.170 e. The Morgan fingerprint density at radius 3 is 2.62 bits per heavy atom. The average Bonchev–Trinajstić information content (AvgIpc) is 2.60. The molecule has 0 radical (unpaired) electrons. The summed E-state index contributed by atoms with van der Waals surface area (Å²) in [6, 6.07) is 15.8. The zero-order valence-corrected chi connectivity index (χ0v) is 16.6. The standard InChI is InChI=1S/C19H21Cl2N3OS/c20-15-8-16(21)10-17(9-15)23-19(26)22-11-18-13-24(6-7-25-18)12-14-4-2-1-3-5-14/h1-5,8-10,18H,6-7,11-13H2,(H2,22,23,26)/p+1/t18-/m0/s1. The normalized spacial score (nSPS) is 19.8. The van der Waals surface area contributed by atoms with Crippen LogP contribution < -0.4 is 15.5 Å². The number of anilines is 1. The molecule has 7 heteroatoms. The summed E-state index contributed by atoms with van der Waals surface area (Å²) in [6.07, 6.45) is 0.130. The van der Waals surface area contributed by atoms with E-state index in [1.54, 1.807) is 18.2 Å². The molecular formula is C19H22Cl2N3OS+. The van der Waals surface area contributed by atoms with Gasteiger partial charge in [0.15, 0.2) is 5.11 Å². The van der Waals surface area contributed by atoms with E-state index in [-0.39, 0.29) is 6.10 Å². The minimum absolute atomic E-state index is 0.130. The lowest BCUT2D eigenvalue weighted by atomic mass is 10.2. The second kappa shape index (κ2) is 9.53. The summed E-state index contributed by atoms with van der Waals surface area (Å²) in [7, 11) is 0. The van der Waals surface area contributed by atoms with Crippen molar-refractivity contribution in [2.45, 2.75) is 12.6 Å². The van der Waals surface area contributed by atoms with Gasteiger partial charge < -0.3 is 20.3 Å². The first-order valence-corrected chi connectivity index (χ1v) is 9.75. The van der Waals surface area contributed by atoms with Crippen molar-refractivity contribution in [2.24, 2.45) is 0 Å². The van der Waals surface area contributed by atoms with Crippen molar-refractivity contribution < 1.29 is 9.64 Å². The van der Waals surface area contributed by atoms with Crippen LogP contribution in [0.3, 0.4) is 0 Å². The van der Waals surface area contributed by atoms with E-state index < -0.39 is 0 Å². The van der Waals surface area contributed by atoms with Crippen LogP contribution in [0.15, 0.2) is 48.5 Å². The number of rotatable bonds is 5. The zero-order chi connectivity index (χ0) is 18.4. The fourth-order valence-corrected chi connectivity index (χ4v) is 3.76. The number of morpholine rings is 1. The van der Waals surface area contributed by atoms with E-state index in [1.807, 2.05) is 6.07 Å². The first kappa shape index (κ1) is 19.4. The van der Waals surface area contributed by atoms with Crippen LogP contribution in [0.4, 0.5) is 5.69 Å². The van der Waals surface area contributed by atoms with Crippen LogP contribution in [0, 0.1) is 0 Å². The summed E-state index contributed by atoms with van der Waals surface area (Å²) in [4.78, 5) is 1.52. The number of thiocarbonyl (C=S) groups is 1. The first-order valence-electron chi connectivity index (χ1n) is 8.58. The third-order valence-corrected chi connectivity index (χ3v) is 4.92. The van der Waals surface area contributed by atoms with Gasteiger partial charge in [-0.2, -0.15) is 0 Å². The third-order valence-electron chi connectivity index (χ3n) is 4.23. The molecule has 2 atom stereocenters. The highest BCUT2D eigenvalue weighted by molar-refractivity contribution is 7.80. The summed E-state index contributed by atoms with van der Waals surface area (Å²) < 4.78 is 5.87. The Labute approximate surface area is 169 Å². The van der Waals surface area contributed by atoms with Crippen LogP contribution in [0.2, 0.25) is 10.0 Å². The second-order valence-electron chi connectivity index (χ2n) is 6.35. The van der Waals surface area contributed by atoms with Crippen molar-refractivity contribution in [3.8, 4) is 0 Å². The van der Waals surface area contributed by atoms with Crippen molar-refractivity contribution in [1.29, 1.82) is 0 Å². The number of halogens is 2. The van der Waals surface area contributed by atoms with Gasteiger partial charge in [-0.1, -0.05) is 53.5 Å². The maximum absolute atomic E-state index is 6.00. The SMILES string of the molecule is S=C(NC[C@H]1C[NH+](Cc2ccccc2)CCO1)Nc1cc(Cl)cc(Cl)c1. The quantitative estimate of drug-likeness (QED) is 0.662. The van der Waals surface area contributed by atoms with Gasteiger partial charge in [-0.25, -0.2) is 0 Å². The number of hydrogen-bond donors (Lipinski definition) is 3. The maximum atomic E-state index is 6.00. The molecule has 0 bridgehead atoms. The molecule has 0 spiro atoms. The number of nitrogens with one attached hydrogen (secondary N) is 3. The van der Waals surface area contributed by atoms with E-state index in [0.29, 0.717) is 21.7 Å². The second-order valence-corrected chi connectivity index (χ2v) is 7.63. The van der Waals surface area contributed by atoms with Gasteiger partial charge in [-0.3, -0.25) is 0 Å². The Morgan fingerprint density at radius 1 is 1.15 bits per heavy atom. The highest BCUT2D eigenvalue weighted by Gasteiger charge is 2.23. The lowest BCUT2D eigenvalue weighted by Gasteiger charge is -2.30. The highest BCUT2D eigenvalue weighted by atomic mass is 35.5. The Hall–Kier alpha value is -1.37. The molecule has 1 aliphatic heterocycles. The van der Waals surface area contributed by atoms with Crippen LogP contribution in [-0.4, -0.2) is 37.5 Å². The van der Waals surface area contributed by atoms with Gasteiger partial charge in [0.1, 0.15) is 25.7 Å². The number of benzene rings is 2. The molecule has 0 aromatic heterocycles. The third kappa shape index (κ3) is 6.11. The minimum atomic E-state index is 0.130. The molecule has 3 rings (SSSR count). The van der Waals surface area contributed by atoms with E-state index in [1.165, 1.54) is 10.5 Å². The molecule has 26 heavy (non-hydrogen) atoms. The van der Waals surface area contributed by atoms with E-state index in [2.05, 4.69) is 34.9 Å². The van der Waals surface area contributed by atoms with Crippen LogP contribution in [-0.2, 0) is 11.3 Å². The fraction of sp³-hybridized carbons (Fsp3) is 0.316. The van der Waals surface area contributed by atoms with Gasteiger partial charge in [0, 0.05) is 27.8 Å². The Bertz CT molecular complexity index is 725. The van der Waals surface area contributed by atoms with Gasteiger partial charge >= 0.3 is 0 Å². The van der Waals surface area contributed by atoms with E-state index in [9.17, 15) is 0 Å². The summed E-state index contributed by atoms with van der Waals surface area (Å²) in [5, 5.41) is 7.99. The van der Waals surface area contributed by atoms with Gasteiger partial charge in [0.25, 0.3) is 0 Å². The van der Waals surface area contributed by atoms with Crippen LogP contribution >= 0.6 is 35.4 Å². The Morgan fingerprint density at radius 2 is 1.88 bits per heavy atom. The van der Waals surface area contributed by atoms with Crippen LogP contribution in [0.5, 0.6) is 0 Å². The van der Waals surface area contributed by atoms with Gasteiger partial charge in [-0.05, 0) is 30.4 Å². The fourth-order valence-electron chi connectivity index (χ4n) is 3.04. The van der Waals surface area contributed by atoms with Crippen LogP contribution in [0.1, 0.15) is 5.56 Å². The summed E-state index contributed by atoms with van der Waals surface area (Å²) in [5.74, 6) is 0. The van der Waals surface area contributed by atoms with Crippen molar-refractivity contribution in [3.05, 3.63) is 64.1 Å². The molecule has 138 valence electrons. The summed E-state index contributed by atoms with van der Waals surface area (Å²) in [5.41, 5.74) is 2.12. The minimum Gasteiger partial charge on any atom is -0.365 e. The van der Waals surface area contributed by atoms with Crippen LogP contribution in [0.25, 0.3) is 0 Å². The molecule has 0 saturated carbocycles. The molecule has 0 amide bonds. The average molecular weight is 411 g/mol. The summed E-state index contributed by atoms with van der Waals surface area (Å²) in [6.45, 7) is 4.42. The lowest BCUT2D eigenvalue weighted by Crippen LogP contribution is -3.13. The number of hydrogen-bond acceptors (Lipinski definition) is 2. The molecule has 3 N–H and O–H groups in total. The molecule has 0 aliphatic carbocycles. The van der Waals surface area contributed by atoms with E-state index in [4.69, 9.17) is 40.2 Å². The van der Waals surface area contributed by atoms with Gasteiger partial charge in [-0.15, -0.1) is 0 Å². The molecule has 4 nitrogen and oxygen atoms in total. The van der Waals surface area contributed by atoms with Gasteiger partial charge in [0.2, 0.25) is 0 Å². The van der Waals surface area contributed by atoms with Crippen molar-refractivity contribution in [2.75, 3.05) is 31.6 Å². The smallest absolute Gasteiger partial charge is 0.170 e. The van der Waals surface area contributed by atoms with Crippen molar-refractivity contribution >= 4 is 46.2 Å². The topological polar surface area (TPSA) is 37.7 Å². The monoisotopic (exact) mass is 410 g/mol. The van der Waals surface area contributed by atoms with Crippen molar-refractivity contribution in [1.82, 2.24) is 5.32 Å². The molecule has 1 heterocycles. The molecule has 1 saturated heterocycles. The predicted molar refractivity (Wildman–Crippen MR) is 111 cm³/mol. The number of quaternary nitrogens is 1. The van der Waals surface area contributed by atoms with E-state index >= 15 is 0 Å². The number of ether oxygens (including phenoxy) is 1. The highest BCUT2D eigenvalue weighted by Crippen LogP contribution is 2.22. The Kier molecular flexibility index (Phi) is 7.11. The molecule has 1 unspecified atom stereocenters. The summed E-state index contributed by atoms with van der Waals surface area (Å²) >= 11 is 17.4. The lowest BCUT2D eigenvalue weighted by molar-refractivity contribution is -0.925. The van der Waals surface area contributed by atoms with Crippen molar-refractivity contribution in [3.63, 3.8) is 0 Å². The largest absolute Gasteiger partial charge is 0.365 e. The van der Waals surface area contributed by atoms with E-state index in [0.717, 1.165) is 31.9 Å². The van der Waals surface area contributed by atoms with Gasteiger partial charge in [0.05, 0.1) is 6.61 Å². The predicted octanol–water partition coefficient (Wildman–Crippen LogP) is 2.76. The molecular weight excluding hydrogens is 389 g/mol. The molecule has 2 aromatic rings.